The van der Waals surface area contributed by atoms with Crippen LogP contribution in [0.2, 0.25) is 0 Å². The minimum atomic E-state index is -0.262. The van der Waals surface area contributed by atoms with E-state index in [4.69, 9.17) is 0 Å². The van der Waals surface area contributed by atoms with Gasteiger partial charge in [0.05, 0.1) is 5.54 Å². The van der Waals surface area contributed by atoms with Crippen LogP contribution in [0.4, 0.5) is 0 Å². The molecule has 0 heterocycles. The number of hydrogen-bond acceptors (Lipinski definition) is 2. The average Bonchev–Trinajstić information content (AvgIpc) is 2.96. The average molecular weight is 254 g/mol. The quantitative estimate of drug-likeness (QED) is 0.765. The molecule has 18 heavy (non-hydrogen) atoms. The lowest BCUT2D eigenvalue weighted by Crippen LogP contribution is -2.51. The summed E-state index contributed by atoms with van der Waals surface area (Å²) in [6, 6.07) is 0.390. The second-order valence-corrected chi connectivity index (χ2v) is 7.33. The zero-order valence-corrected chi connectivity index (χ0v) is 12.9. The standard InChI is InChI=1S/C15H30N2O/c1-11(2)12(3)17-15(7-8-15)13(18)16-10-9-14(4,5)6/h11-12,17H,7-10H2,1-6H3,(H,16,18)/t12-/m0/s1. The first-order valence-corrected chi connectivity index (χ1v) is 7.22. The number of nitrogens with one attached hydrogen (secondary N) is 2. The van der Waals surface area contributed by atoms with Gasteiger partial charge < -0.3 is 10.6 Å². The number of amides is 1. The maximum Gasteiger partial charge on any atom is 0.240 e. The molecule has 0 aromatic rings. The van der Waals surface area contributed by atoms with Crippen LogP contribution in [0.15, 0.2) is 0 Å². The molecule has 0 saturated heterocycles. The van der Waals surface area contributed by atoms with Gasteiger partial charge in [-0.1, -0.05) is 34.6 Å². The van der Waals surface area contributed by atoms with Gasteiger partial charge in [0.25, 0.3) is 0 Å². The zero-order valence-electron chi connectivity index (χ0n) is 12.9. The van der Waals surface area contributed by atoms with E-state index in [1.807, 2.05) is 0 Å². The zero-order chi connectivity index (χ0) is 14.0. The van der Waals surface area contributed by atoms with E-state index < -0.39 is 0 Å². The van der Waals surface area contributed by atoms with Crippen LogP contribution in [0, 0.1) is 11.3 Å². The molecule has 0 aromatic heterocycles. The molecule has 1 saturated carbocycles. The van der Waals surface area contributed by atoms with Crippen molar-refractivity contribution in [3.63, 3.8) is 0 Å². The van der Waals surface area contributed by atoms with Crippen molar-refractivity contribution in [2.45, 2.75) is 72.4 Å². The molecule has 3 nitrogen and oxygen atoms in total. The Morgan fingerprint density at radius 1 is 1.22 bits per heavy atom. The monoisotopic (exact) mass is 254 g/mol. The van der Waals surface area contributed by atoms with Gasteiger partial charge in [-0.2, -0.15) is 0 Å². The minimum absolute atomic E-state index is 0.194. The molecule has 0 aromatic carbocycles. The topological polar surface area (TPSA) is 41.1 Å². The summed E-state index contributed by atoms with van der Waals surface area (Å²) in [6.07, 6.45) is 2.98. The van der Waals surface area contributed by atoms with Crippen molar-refractivity contribution in [1.82, 2.24) is 10.6 Å². The normalized spacial score (nSPS) is 19.7. The molecule has 0 spiro atoms. The van der Waals surface area contributed by atoms with E-state index in [2.05, 4.69) is 52.2 Å². The molecule has 1 aliphatic carbocycles. The Hall–Kier alpha value is -0.570. The molecule has 1 atom stereocenters. The largest absolute Gasteiger partial charge is 0.354 e. The first-order valence-electron chi connectivity index (χ1n) is 7.22. The molecule has 0 radical (unpaired) electrons. The molecular formula is C15H30N2O. The minimum Gasteiger partial charge on any atom is -0.354 e. The van der Waals surface area contributed by atoms with Crippen molar-refractivity contribution in [2.24, 2.45) is 11.3 Å². The number of hydrogen-bond donors (Lipinski definition) is 2. The lowest BCUT2D eigenvalue weighted by atomic mass is 9.92. The van der Waals surface area contributed by atoms with E-state index in [0.29, 0.717) is 12.0 Å². The van der Waals surface area contributed by atoms with Gasteiger partial charge in [-0.15, -0.1) is 0 Å². The summed E-state index contributed by atoms with van der Waals surface area (Å²) in [5.74, 6) is 0.754. The highest BCUT2D eigenvalue weighted by Crippen LogP contribution is 2.36. The fourth-order valence-electron chi connectivity index (χ4n) is 1.88. The Morgan fingerprint density at radius 2 is 1.78 bits per heavy atom. The third-order valence-electron chi connectivity index (χ3n) is 3.85. The first-order chi connectivity index (χ1) is 8.16. The van der Waals surface area contributed by atoms with Crippen molar-refractivity contribution < 1.29 is 4.79 Å². The molecule has 0 aliphatic heterocycles. The summed E-state index contributed by atoms with van der Waals surface area (Å²) in [4.78, 5) is 12.2. The van der Waals surface area contributed by atoms with E-state index in [0.717, 1.165) is 25.8 Å². The number of carbonyl (C=O) groups excluding carboxylic acids is 1. The fourth-order valence-corrected chi connectivity index (χ4v) is 1.88. The van der Waals surface area contributed by atoms with Crippen LogP contribution in [0.3, 0.4) is 0 Å². The van der Waals surface area contributed by atoms with E-state index >= 15 is 0 Å². The van der Waals surface area contributed by atoms with Crippen molar-refractivity contribution in [3.8, 4) is 0 Å². The Labute approximate surface area is 112 Å². The summed E-state index contributed by atoms with van der Waals surface area (Å²) >= 11 is 0. The molecule has 106 valence electrons. The number of rotatable bonds is 6. The smallest absolute Gasteiger partial charge is 0.240 e. The van der Waals surface area contributed by atoms with Crippen LogP contribution < -0.4 is 10.6 Å². The Kier molecular flexibility index (Phi) is 4.82. The van der Waals surface area contributed by atoms with Crippen molar-refractivity contribution >= 4 is 5.91 Å². The second-order valence-electron chi connectivity index (χ2n) is 7.33. The van der Waals surface area contributed by atoms with Crippen LogP contribution in [0.5, 0.6) is 0 Å². The van der Waals surface area contributed by atoms with E-state index in [1.165, 1.54) is 0 Å². The third-order valence-corrected chi connectivity index (χ3v) is 3.85. The van der Waals surface area contributed by atoms with E-state index in [9.17, 15) is 4.79 Å². The molecule has 1 amide bonds. The molecule has 3 heteroatoms. The SMILES string of the molecule is CC(C)[C@H](C)NC1(C(=O)NCCC(C)(C)C)CC1. The Balaban J connectivity index is 2.37. The van der Waals surface area contributed by atoms with Crippen LogP contribution >= 0.6 is 0 Å². The molecule has 2 N–H and O–H groups in total. The van der Waals surface area contributed by atoms with Gasteiger partial charge in [0.1, 0.15) is 0 Å². The molecule has 0 bridgehead atoms. The predicted octanol–water partition coefficient (Wildman–Crippen LogP) is 2.71. The van der Waals surface area contributed by atoms with Gasteiger partial charge in [-0.05, 0) is 37.5 Å². The van der Waals surface area contributed by atoms with Crippen molar-refractivity contribution in [3.05, 3.63) is 0 Å². The first kappa shape index (κ1) is 15.5. The second kappa shape index (κ2) is 5.60. The third kappa shape index (κ3) is 4.60. The number of carbonyl (C=O) groups is 1. The highest BCUT2D eigenvalue weighted by Gasteiger charge is 2.50. The summed E-state index contributed by atoms with van der Waals surface area (Å²) in [7, 11) is 0. The van der Waals surface area contributed by atoms with Crippen LogP contribution in [0.25, 0.3) is 0 Å². The lowest BCUT2D eigenvalue weighted by Gasteiger charge is -2.25. The summed E-state index contributed by atoms with van der Waals surface area (Å²) < 4.78 is 0. The van der Waals surface area contributed by atoms with Crippen LogP contribution in [-0.2, 0) is 4.79 Å². The molecular weight excluding hydrogens is 224 g/mol. The summed E-state index contributed by atoms with van der Waals surface area (Å²) in [6.45, 7) is 13.9. The van der Waals surface area contributed by atoms with E-state index in [-0.39, 0.29) is 16.9 Å². The lowest BCUT2D eigenvalue weighted by molar-refractivity contribution is -0.124. The van der Waals surface area contributed by atoms with Gasteiger partial charge in [-0.25, -0.2) is 0 Å². The Bertz CT molecular complexity index is 287. The fraction of sp³-hybridized carbons (Fsp3) is 0.933. The molecule has 1 rings (SSSR count). The van der Waals surface area contributed by atoms with Gasteiger partial charge in [0, 0.05) is 12.6 Å². The van der Waals surface area contributed by atoms with Crippen molar-refractivity contribution in [2.75, 3.05) is 6.54 Å². The Morgan fingerprint density at radius 3 is 2.17 bits per heavy atom. The highest BCUT2D eigenvalue weighted by atomic mass is 16.2. The van der Waals surface area contributed by atoms with Gasteiger partial charge in [0.2, 0.25) is 5.91 Å². The summed E-state index contributed by atoms with van der Waals surface area (Å²) in [5, 5.41) is 6.59. The predicted molar refractivity (Wildman–Crippen MR) is 76.5 cm³/mol. The maximum atomic E-state index is 12.2. The van der Waals surface area contributed by atoms with Crippen LogP contribution in [0.1, 0.15) is 60.8 Å². The van der Waals surface area contributed by atoms with Gasteiger partial charge in [-0.3, -0.25) is 4.79 Å². The van der Waals surface area contributed by atoms with Gasteiger partial charge >= 0.3 is 0 Å². The van der Waals surface area contributed by atoms with E-state index in [1.54, 1.807) is 0 Å². The van der Waals surface area contributed by atoms with Crippen LogP contribution in [-0.4, -0.2) is 24.0 Å². The van der Waals surface area contributed by atoms with Gasteiger partial charge in [0.15, 0.2) is 0 Å². The molecule has 1 aliphatic rings. The van der Waals surface area contributed by atoms with Crippen molar-refractivity contribution in [1.29, 1.82) is 0 Å². The summed E-state index contributed by atoms with van der Waals surface area (Å²) in [5.41, 5.74) is 0.0181. The highest BCUT2D eigenvalue weighted by molar-refractivity contribution is 5.89. The maximum absolute atomic E-state index is 12.2. The molecule has 1 fully saturated rings. The molecule has 0 unspecified atom stereocenters.